The van der Waals surface area contributed by atoms with E-state index in [0.717, 1.165) is 0 Å². The van der Waals surface area contributed by atoms with Gasteiger partial charge in [0.25, 0.3) is 0 Å². The summed E-state index contributed by atoms with van der Waals surface area (Å²) in [6.07, 6.45) is -1.18. The van der Waals surface area contributed by atoms with Crippen molar-refractivity contribution in [1.82, 2.24) is 0 Å². The van der Waals surface area contributed by atoms with Crippen LogP contribution in [0, 0.1) is 22.9 Å². The first kappa shape index (κ1) is 15.0. The van der Waals surface area contributed by atoms with Crippen molar-refractivity contribution >= 4 is 0 Å². The normalized spacial score (nSPS) is 15.6. The first-order valence-corrected chi connectivity index (χ1v) is 5.71. The number of hydrogen-bond acceptors (Lipinski definition) is 2. The van der Waals surface area contributed by atoms with Crippen LogP contribution in [0.4, 0.5) is 13.2 Å². The van der Waals surface area contributed by atoms with Crippen LogP contribution in [0.3, 0.4) is 0 Å². The molecule has 1 aromatic carbocycles. The zero-order valence-corrected chi connectivity index (χ0v) is 10.7. The SMILES string of the molecule is CC(C)(C)[C@@H](N)C[C@@H](O)c1cc(F)c(F)cc1F. The van der Waals surface area contributed by atoms with Crippen molar-refractivity contribution in [2.24, 2.45) is 11.1 Å². The number of hydrogen-bond donors (Lipinski definition) is 2. The van der Waals surface area contributed by atoms with Gasteiger partial charge in [-0.2, -0.15) is 0 Å². The summed E-state index contributed by atoms with van der Waals surface area (Å²) in [4.78, 5) is 0. The third kappa shape index (κ3) is 3.46. The van der Waals surface area contributed by atoms with Crippen LogP contribution >= 0.6 is 0 Å². The summed E-state index contributed by atoms with van der Waals surface area (Å²) in [6.45, 7) is 5.64. The van der Waals surface area contributed by atoms with E-state index in [1.165, 1.54) is 0 Å². The standard InChI is InChI=1S/C13H18F3NO/c1-13(2,3)12(17)6-11(18)7-4-9(15)10(16)5-8(7)14/h4-5,11-12,18H,6,17H2,1-3H3/t11-,12+/m1/s1. The molecule has 0 aromatic heterocycles. The average Bonchev–Trinajstić information content (AvgIpc) is 2.21. The van der Waals surface area contributed by atoms with Crippen LogP contribution in [0.1, 0.15) is 38.9 Å². The Morgan fingerprint density at radius 2 is 1.61 bits per heavy atom. The molecule has 0 radical (unpaired) electrons. The zero-order chi connectivity index (χ0) is 14.1. The highest BCUT2D eigenvalue weighted by atomic mass is 19.2. The molecule has 0 amide bonds. The van der Waals surface area contributed by atoms with Crippen LogP contribution in [0.15, 0.2) is 12.1 Å². The Labute approximate surface area is 105 Å². The highest BCUT2D eigenvalue weighted by Crippen LogP contribution is 2.28. The molecule has 18 heavy (non-hydrogen) atoms. The topological polar surface area (TPSA) is 46.2 Å². The number of aliphatic hydroxyl groups excluding tert-OH is 1. The minimum atomic E-state index is -1.27. The number of aliphatic hydroxyl groups is 1. The van der Waals surface area contributed by atoms with Gasteiger partial charge in [0.2, 0.25) is 0 Å². The Morgan fingerprint density at radius 3 is 2.11 bits per heavy atom. The van der Waals surface area contributed by atoms with Gasteiger partial charge >= 0.3 is 0 Å². The molecule has 0 aliphatic rings. The average molecular weight is 261 g/mol. The largest absolute Gasteiger partial charge is 0.388 e. The molecule has 5 heteroatoms. The highest BCUT2D eigenvalue weighted by molar-refractivity contribution is 5.22. The van der Waals surface area contributed by atoms with E-state index in [0.29, 0.717) is 12.1 Å². The van der Waals surface area contributed by atoms with E-state index in [1.807, 2.05) is 20.8 Å². The summed E-state index contributed by atoms with van der Waals surface area (Å²) in [7, 11) is 0. The molecule has 0 bridgehead atoms. The van der Waals surface area contributed by atoms with Crippen LogP contribution in [-0.4, -0.2) is 11.1 Å². The van der Waals surface area contributed by atoms with E-state index in [9.17, 15) is 18.3 Å². The van der Waals surface area contributed by atoms with Gasteiger partial charge in [0, 0.05) is 17.7 Å². The summed E-state index contributed by atoms with van der Waals surface area (Å²) in [5.74, 6) is -3.43. The van der Waals surface area contributed by atoms with Crippen molar-refractivity contribution in [2.45, 2.75) is 39.3 Å². The van der Waals surface area contributed by atoms with Gasteiger partial charge in [0.1, 0.15) is 5.82 Å². The quantitative estimate of drug-likeness (QED) is 0.822. The lowest BCUT2D eigenvalue weighted by atomic mass is 9.83. The fraction of sp³-hybridized carbons (Fsp3) is 0.538. The van der Waals surface area contributed by atoms with Crippen LogP contribution in [0.25, 0.3) is 0 Å². The highest BCUT2D eigenvalue weighted by Gasteiger charge is 2.26. The molecule has 2 nitrogen and oxygen atoms in total. The van der Waals surface area contributed by atoms with E-state index in [2.05, 4.69) is 0 Å². The monoisotopic (exact) mass is 261 g/mol. The first-order valence-electron chi connectivity index (χ1n) is 5.71. The van der Waals surface area contributed by atoms with E-state index < -0.39 is 23.6 Å². The lowest BCUT2D eigenvalue weighted by Crippen LogP contribution is -2.36. The van der Waals surface area contributed by atoms with E-state index in [1.54, 1.807) is 0 Å². The molecule has 102 valence electrons. The Kier molecular flexibility index (Phi) is 4.40. The predicted octanol–water partition coefficient (Wildman–Crippen LogP) is 2.90. The zero-order valence-electron chi connectivity index (χ0n) is 10.7. The van der Waals surface area contributed by atoms with Crippen LogP contribution in [0.5, 0.6) is 0 Å². The Morgan fingerprint density at radius 1 is 1.11 bits per heavy atom. The molecule has 0 aliphatic carbocycles. The lowest BCUT2D eigenvalue weighted by Gasteiger charge is -2.29. The minimum Gasteiger partial charge on any atom is -0.388 e. The molecule has 2 atom stereocenters. The maximum absolute atomic E-state index is 13.4. The maximum atomic E-state index is 13.4. The fourth-order valence-electron chi connectivity index (χ4n) is 1.51. The van der Waals surface area contributed by atoms with E-state index in [-0.39, 0.29) is 23.4 Å². The summed E-state index contributed by atoms with van der Waals surface area (Å²) in [5, 5.41) is 9.84. The van der Waals surface area contributed by atoms with Gasteiger partial charge in [0.15, 0.2) is 11.6 Å². The van der Waals surface area contributed by atoms with Gasteiger partial charge in [-0.15, -0.1) is 0 Å². The van der Waals surface area contributed by atoms with Gasteiger partial charge in [-0.25, -0.2) is 13.2 Å². The van der Waals surface area contributed by atoms with Gasteiger partial charge in [0.05, 0.1) is 6.10 Å². The molecule has 0 unspecified atom stereocenters. The van der Waals surface area contributed by atoms with Crippen molar-refractivity contribution in [2.75, 3.05) is 0 Å². The predicted molar refractivity (Wildman–Crippen MR) is 63.3 cm³/mol. The van der Waals surface area contributed by atoms with Crippen molar-refractivity contribution in [1.29, 1.82) is 0 Å². The first-order chi connectivity index (χ1) is 8.12. The molecule has 0 heterocycles. The second kappa shape index (κ2) is 5.28. The van der Waals surface area contributed by atoms with Crippen LogP contribution < -0.4 is 5.73 Å². The third-order valence-corrected chi connectivity index (χ3v) is 2.99. The molecule has 0 aliphatic heterocycles. The minimum absolute atomic E-state index is 0.0749. The molecule has 0 saturated heterocycles. The smallest absolute Gasteiger partial charge is 0.161 e. The molecule has 0 spiro atoms. The molecular formula is C13H18F3NO. The second-order valence-electron chi connectivity index (χ2n) is 5.51. The maximum Gasteiger partial charge on any atom is 0.161 e. The van der Waals surface area contributed by atoms with Gasteiger partial charge in [-0.1, -0.05) is 20.8 Å². The molecule has 3 N–H and O–H groups in total. The Hall–Kier alpha value is -1.07. The lowest BCUT2D eigenvalue weighted by molar-refractivity contribution is 0.129. The second-order valence-corrected chi connectivity index (χ2v) is 5.51. The summed E-state index contributed by atoms with van der Waals surface area (Å²) < 4.78 is 39.2. The van der Waals surface area contributed by atoms with Gasteiger partial charge < -0.3 is 10.8 Å². The number of benzene rings is 1. The van der Waals surface area contributed by atoms with Gasteiger partial charge in [-0.05, 0) is 17.9 Å². The van der Waals surface area contributed by atoms with Crippen molar-refractivity contribution in [3.8, 4) is 0 Å². The van der Waals surface area contributed by atoms with E-state index in [4.69, 9.17) is 5.73 Å². The Bertz CT molecular complexity index is 429. The van der Waals surface area contributed by atoms with E-state index >= 15 is 0 Å². The Balaban J connectivity index is 2.91. The summed E-state index contributed by atoms with van der Waals surface area (Å²) in [5.41, 5.74) is 5.32. The molecule has 1 rings (SSSR count). The van der Waals surface area contributed by atoms with Gasteiger partial charge in [-0.3, -0.25) is 0 Å². The molecule has 0 fully saturated rings. The van der Waals surface area contributed by atoms with Crippen molar-refractivity contribution < 1.29 is 18.3 Å². The molecule has 1 aromatic rings. The van der Waals surface area contributed by atoms with Crippen LogP contribution in [-0.2, 0) is 0 Å². The van der Waals surface area contributed by atoms with Crippen molar-refractivity contribution in [3.63, 3.8) is 0 Å². The summed E-state index contributed by atoms with van der Waals surface area (Å²) in [6, 6.07) is 0.710. The number of rotatable bonds is 3. The summed E-state index contributed by atoms with van der Waals surface area (Å²) >= 11 is 0. The molecular weight excluding hydrogens is 243 g/mol. The van der Waals surface area contributed by atoms with Crippen LogP contribution in [0.2, 0.25) is 0 Å². The third-order valence-electron chi connectivity index (χ3n) is 2.99. The number of halogens is 3. The molecule has 0 saturated carbocycles. The number of nitrogens with two attached hydrogens (primary N) is 1. The fourth-order valence-corrected chi connectivity index (χ4v) is 1.51. The van der Waals surface area contributed by atoms with Crippen molar-refractivity contribution in [3.05, 3.63) is 35.1 Å².